The fourth-order valence-corrected chi connectivity index (χ4v) is 20.5. The third-order valence-electron chi connectivity index (χ3n) is 27.4. The van der Waals surface area contributed by atoms with Crippen molar-refractivity contribution in [3.8, 4) is 0 Å². The van der Waals surface area contributed by atoms with Gasteiger partial charge in [0.2, 0.25) is 59.0 Å². The average Bonchev–Trinajstić information content (AvgIpc) is 0.769. The number of hydrogen-bond acceptors (Lipinski definition) is 33. The molecule has 4 aliphatic rings. The molecule has 3 aliphatic heterocycles. The summed E-state index contributed by atoms with van der Waals surface area (Å²) in [7, 11) is 6.74. The smallest absolute Gasteiger partial charge is 0.481 e. The number of aliphatic hydroxyl groups is 8. The van der Waals surface area contributed by atoms with Crippen LogP contribution in [0, 0.1) is 41.4 Å². The Kier molecular flexibility index (Phi) is 62.7. The number of Topliss-reactive ketones (excluding diaryl/α,β-unsaturated/α-hetero) is 4. The van der Waals surface area contributed by atoms with E-state index in [0.717, 1.165) is 12.5 Å². The number of carboxylic acid groups (broad SMARTS) is 2. The summed E-state index contributed by atoms with van der Waals surface area (Å²) in [5.41, 5.74) is 1.03. The summed E-state index contributed by atoms with van der Waals surface area (Å²) in [4.78, 5) is 239. The zero-order valence-electron chi connectivity index (χ0n) is 88.1. The summed E-state index contributed by atoms with van der Waals surface area (Å²) in [5.74, 6) is -20.4. The molecule has 24 atom stereocenters. The Bertz CT molecular complexity index is 4360. The Labute approximate surface area is 876 Å². The molecule has 43 nitrogen and oxygen atoms in total. The molecule has 0 aromatic carbocycles. The number of hydrogen-bond donors (Lipinski definition) is 19. The second kappa shape index (κ2) is 70.8. The number of aliphatic hydroxyl groups excluding tert-OH is 7. The summed E-state index contributed by atoms with van der Waals surface area (Å²) in [6.07, 6.45) is 3.07. The van der Waals surface area contributed by atoms with E-state index in [9.17, 15) is 118 Å². The Hall–Kier alpha value is -9.23. The monoisotopic (exact) mass is 2140 g/mol. The summed E-state index contributed by atoms with van der Waals surface area (Å²) in [5, 5.41) is 123. The summed E-state index contributed by atoms with van der Waals surface area (Å²) < 4.78 is 35.5. The Morgan fingerprint density at radius 2 is 1.04 bits per heavy atom. The van der Waals surface area contributed by atoms with Gasteiger partial charge in [-0.25, -0.2) is 4.79 Å². The lowest BCUT2D eigenvalue weighted by Gasteiger charge is -2.43. The van der Waals surface area contributed by atoms with Gasteiger partial charge >= 0.3 is 18.1 Å². The maximum atomic E-state index is 15.1. The SMILES string of the molecule is CO[C@H]1C[C@@H]2CC[C@@H](C)[C@@](O)(O2)C(=O)C(=O)N2CCCC[C@H]2C(=O)C[C@H]([C@H](C)C[C@@H]2CC[C@@H](O)[C@H](OC)C2)CC(=O)[C@H](C)/C=C(\C)[C@@H](OC(=O)OCCSSC[C@@H](C)NC(=O)[C@H](CCC(=O)NCCCC[C@H](O)CO)NC(=O)[C@H](CCC(=O)O)NC(=O)[C@H](CCC(=O)NCCCC[C@H](O)CO)NC(=O)[C@H](CCC(=O)O)NC(=O)[C@H](CCC(=O)NCCCC[C@H](O)CO)NC(C)=O)[C@@H](OC)C(=O)[C@H](C)C[C@H](C)/C=C/C=CC=C1C. The molecular weight excluding hydrogens is 1970 g/mol. The van der Waals surface area contributed by atoms with E-state index < -0.39 is 287 Å². The van der Waals surface area contributed by atoms with Gasteiger partial charge in [-0.1, -0.05) is 92.7 Å². The topological polar surface area (TPSA) is 659 Å². The third kappa shape index (κ3) is 49.0. The fraction of sp³-hybridized carbons (Fsp3) is 0.757. The third-order valence-corrected chi connectivity index (χ3v) is 29.9. The van der Waals surface area contributed by atoms with Gasteiger partial charge in [-0.2, -0.15) is 0 Å². The highest BCUT2D eigenvalue weighted by Crippen LogP contribution is 2.40. The van der Waals surface area contributed by atoms with Gasteiger partial charge in [-0.3, -0.25) is 76.7 Å². The molecular formula is C103H168N10O33S2. The van der Waals surface area contributed by atoms with E-state index in [2.05, 4.69) is 47.9 Å². The number of unbranched alkanes of at least 4 members (excludes halogenated alkanes) is 3. The minimum Gasteiger partial charge on any atom is -0.481 e. The number of rotatable bonds is 57. The van der Waals surface area contributed by atoms with Crippen LogP contribution in [0.4, 0.5) is 4.79 Å². The molecule has 2 bridgehead atoms. The van der Waals surface area contributed by atoms with Crippen LogP contribution in [-0.4, -0.2) is 345 Å². The van der Waals surface area contributed by atoms with Gasteiger partial charge in [0, 0.05) is 141 Å². The molecule has 2 saturated heterocycles. The van der Waals surface area contributed by atoms with Crippen LogP contribution in [0.15, 0.2) is 47.6 Å². The summed E-state index contributed by atoms with van der Waals surface area (Å²) >= 11 is 0. The fourth-order valence-electron chi connectivity index (χ4n) is 18.4. The van der Waals surface area contributed by atoms with Crippen LogP contribution < -0.4 is 47.9 Å². The number of piperidine rings is 1. The van der Waals surface area contributed by atoms with Crippen LogP contribution in [0.25, 0.3) is 0 Å². The van der Waals surface area contributed by atoms with Crippen molar-refractivity contribution in [3.05, 3.63) is 47.6 Å². The molecule has 0 unspecified atom stereocenters. The minimum absolute atomic E-state index is 0.0354. The predicted molar refractivity (Wildman–Crippen MR) is 548 cm³/mol. The second-order valence-electron chi connectivity index (χ2n) is 39.8. The molecule has 0 spiro atoms. The van der Waals surface area contributed by atoms with Crippen molar-refractivity contribution in [3.63, 3.8) is 0 Å². The van der Waals surface area contributed by atoms with Gasteiger partial charge in [0.05, 0.1) is 68.6 Å². The number of allylic oxidation sites excluding steroid dienone is 6. The Balaban J connectivity index is 1.66. The second-order valence-corrected chi connectivity index (χ2v) is 42.4. The molecule has 3 heterocycles. The molecule has 148 heavy (non-hydrogen) atoms. The van der Waals surface area contributed by atoms with Gasteiger partial charge in [0.15, 0.2) is 23.8 Å². The van der Waals surface area contributed by atoms with Gasteiger partial charge < -0.3 is 132 Å². The van der Waals surface area contributed by atoms with Crippen molar-refractivity contribution in [2.75, 3.05) is 85.4 Å². The maximum Gasteiger partial charge on any atom is 0.509 e. The van der Waals surface area contributed by atoms with Crippen LogP contribution in [-0.2, 0) is 105 Å². The number of carbonyl (C=O) groups excluding carboxylic acids is 15. The lowest BCUT2D eigenvalue weighted by atomic mass is 9.74. The molecule has 0 aromatic heterocycles. The Morgan fingerprint density at radius 1 is 0.547 bits per heavy atom. The van der Waals surface area contributed by atoms with E-state index in [4.69, 9.17) is 33.5 Å². The van der Waals surface area contributed by atoms with E-state index in [-0.39, 0.29) is 137 Å². The van der Waals surface area contributed by atoms with E-state index >= 15 is 9.59 Å². The van der Waals surface area contributed by atoms with Crippen molar-refractivity contribution < 1.29 is 161 Å². The van der Waals surface area contributed by atoms with Crippen LogP contribution >= 0.6 is 21.6 Å². The first-order chi connectivity index (χ1) is 70.2. The van der Waals surface area contributed by atoms with Gasteiger partial charge in [0.25, 0.3) is 11.7 Å². The van der Waals surface area contributed by atoms with E-state index in [1.54, 1.807) is 46.8 Å². The lowest BCUT2D eigenvalue weighted by Crippen LogP contribution is -2.60. The van der Waals surface area contributed by atoms with Crippen molar-refractivity contribution in [2.45, 2.75) is 371 Å². The highest BCUT2D eigenvalue weighted by atomic mass is 33.1. The highest BCUT2D eigenvalue weighted by molar-refractivity contribution is 8.76. The van der Waals surface area contributed by atoms with Crippen LogP contribution in [0.5, 0.6) is 0 Å². The van der Waals surface area contributed by atoms with Crippen molar-refractivity contribution in [1.29, 1.82) is 0 Å². The molecule has 1 saturated carbocycles. The number of nitrogens with one attached hydrogen (secondary N) is 9. The molecule has 45 heteroatoms. The minimum atomic E-state index is -2.51. The predicted octanol–water partition coefficient (Wildman–Crippen LogP) is 4.32. The first kappa shape index (κ1) is 131. The summed E-state index contributed by atoms with van der Waals surface area (Å²) in [6, 6.07) is -10.6. The molecule has 3 fully saturated rings. The molecule has 0 radical (unpaired) electrons. The largest absolute Gasteiger partial charge is 0.509 e. The molecule has 1 aliphatic carbocycles. The molecule has 4 rings (SSSR count). The van der Waals surface area contributed by atoms with Gasteiger partial charge in [-0.15, -0.1) is 0 Å². The van der Waals surface area contributed by atoms with Crippen molar-refractivity contribution in [2.24, 2.45) is 41.4 Å². The maximum absolute atomic E-state index is 15.1. The standard InChI is InChI=1S/C103H168N10O33S2/c1-61-24-14-13-15-25-62(2)85(141-10)56-75-32-30-67(7)103(140,146-75)95(132)101(138)113-47-23-19-29-81(113)84(123)55-71(63(3)52-70-31-38-82(121)86(53-70)142-11)54-83(122)64(4)51-66(6)93(94(143-12)92(131)65(5)50-61)145-102(139)144-48-49-147-148-60-68(8)107-96(133)77(34-40-88(125)105-45-21-17-27-73(119)58-115)109-99(136)80(37-43-91(129)130)112-98(135)78(35-41-89(126)106-46-22-18-28-74(120)59-116)110-100(137)79(36-42-90(127)128)111-97(134)76(108-69(9)117)33-39-87(124)104-44-20-16-26-72(118)57-114/h13-15,24-25,51,61,63-65,67-68,70-82,85-86,93-94,114-116,118-121,140H,16-23,26-50,52-60H2,1-12H3,(H,104,124)(H,105,125)(H,106,126)(H,107,133)(H,108,117)(H,109,136)(H,110,137)(H,111,134)(H,112,135)(H,127,128)(H,129,130)/b15-13?,24-14+,62-25?,66-51+/t61-,63-,64-,65-,67-,68-,70+,71-,72+,73+,74+,75+,76+,77+,78+,79+,80+,81+,82-,85+,86-,93-,94+,103-/m1/s1. The molecule has 10 amide bonds. The quantitative estimate of drug-likeness (QED) is 0.0132. The van der Waals surface area contributed by atoms with Gasteiger partial charge in [0.1, 0.15) is 42.6 Å². The first-order valence-electron chi connectivity index (χ1n) is 52.0. The number of amides is 10. The first-order valence-corrected chi connectivity index (χ1v) is 54.5. The number of fused-ring (bicyclic) bond motifs is 3. The van der Waals surface area contributed by atoms with Crippen molar-refractivity contribution >= 4 is 122 Å². The molecule has 840 valence electrons. The van der Waals surface area contributed by atoms with Gasteiger partial charge in [-0.05, 0) is 210 Å². The van der Waals surface area contributed by atoms with Crippen LogP contribution in [0.2, 0.25) is 0 Å². The van der Waals surface area contributed by atoms with E-state index in [1.807, 2.05) is 45.1 Å². The normalized spacial score (nSPS) is 25.3. The summed E-state index contributed by atoms with van der Waals surface area (Å²) in [6.45, 7) is 13.6. The number of carbonyl (C=O) groups is 17. The molecule has 19 N–H and O–H groups in total. The number of ketones is 4. The number of nitrogens with zero attached hydrogens (tertiary/aromatic N) is 1. The number of methoxy groups -OCH3 is 3. The van der Waals surface area contributed by atoms with Crippen molar-refractivity contribution in [1.82, 2.24) is 52.8 Å². The lowest BCUT2D eigenvalue weighted by molar-refractivity contribution is -0.265. The molecule has 0 aromatic rings. The zero-order valence-corrected chi connectivity index (χ0v) is 89.7. The van der Waals surface area contributed by atoms with Crippen LogP contribution in [0.3, 0.4) is 0 Å². The van der Waals surface area contributed by atoms with Crippen LogP contribution in [0.1, 0.15) is 268 Å². The number of carboxylic acids is 2. The van der Waals surface area contributed by atoms with E-state index in [0.29, 0.717) is 96.3 Å². The van der Waals surface area contributed by atoms with E-state index in [1.165, 1.54) is 47.8 Å². The average molecular weight is 2140 g/mol. The Morgan fingerprint density at radius 3 is 1.52 bits per heavy atom. The number of aliphatic carboxylic acids is 2. The number of ether oxygens (including phenoxy) is 6. The zero-order chi connectivity index (χ0) is 110. The highest BCUT2D eigenvalue weighted by Gasteiger charge is 2.53.